The summed E-state index contributed by atoms with van der Waals surface area (Å²) in [5.74, 6) is 1.77. The highest BCUT2D eigenvalue weighted by Crippen LogP contribution is 2.48. The molecule has 0 radical (unpaired) electrons. The van der Waals surface area contributed by atoms with Gasteiger partial charge in [0.05, 0.1) is 22.1 Å². The normalized spacial score (nSPS) is 11.7. The first-order valence-corrected chi connectivity index (χ1v) is 26.1. The first kappa shape index (κ1) is 42.9. The van der Waals surface area contributed by atoms with Gasteiger partial charge in [0.25, 0.3) is 0 Å². The van der Waals surface area contributed by atoms with Gasteiger partial charge in [-0.3, -0.25) is 0 Å². The van der Waals surface area contributed by atoms with E-state index in [1.807, 2.05) is 23.5 Å². The van der Waals surface area contributed by atoms with Gasteiger partial charge in [0.2, 0.25) is 0 Å². The molecule has 11 aromatic carbocycles. The van der Waals surface area contributed by atoms with Gasteiger partial charge in [-0.15, -0.1) is 11.3 Å². The maximum Gasteiger partial charge on any atom is 0.164 e. The van der Waals surface area contributed by atoms with Crippen LogP contribution in [0.3, 0.4) is 0 Å². The van der Waals surface area contributed by atoms with Gasteiger partial charge in [-0.25, -0.2) is 15.0 Å². The Balaban J connectivity index is 0.987. The Morgan fingerprint density at radius 1 is 0.293 bits per heavy atom. The summed E-state index contributed by atoms with van der Waals surface area (Å²) in [6.07, 6.45) is 0. The Morgan fingerprint density at radius 3 is 1.28 bits per heavy atom. The highest BCUT2D eigenvalue weighted by atomic mass is 32.1. The maximum absolute atomic E-state index is 7.23. The van der Waals surface area contributed by atoms with Gasteiger partial charge >= 0.3 is 0 Å². The third kappa shape index (κ3) is 7.18. The molecule has 75 heavy (non-hydrogen) atoms. The van der Waals surface area contributed by atoms with Crippen molar-refractivity contribution in [1.82, 2.24) is 19.5 Å². The molecule has 0 unspecified atom stereocenters. The van der Waals surface area contributed by atoms with Gasteiger partial charge in [-0.2, -0.15) is 0 Å². The van der Waals surface area contributed by atoms with Gasteiger partial charge in [0.1, 0.15) is 11.2 Å². The van der Waals surface area contributed by atoms with Crippen molar-refractivity contribution in [1.29, 1.82) is 0 Å². The molecule has 5 nitrogen and oxygen atoms in total. The number of rotatable bonds is 8. The van der Waals surface area contributed by atoms with Crippen LogP contribution in [0.25, 0.3) is 148 Å². The SMILES string of the molecule is c1ccc(-c2ccc(-c3nc(-c4ccc(-c5ccccc5)cc4)nc(-c4cc(-c5ccccc5)c(-n5c6ccccc6c6c7oc8c(ccc9sc%10ccccc%10c98)c7ccc65)c(-c5ccccc5)c4)n3)cc2)cc1. The lowest BCUT2D eigenvalue weighted by Gasteiger charge is -2.21. The van der Waals surface area contributed by atoms with Crippen molar-refractivity contribution < 1.29 is 4.42 Å². The highest BCUT2D eigenvalue weighted by molar-refractivity contribution is 7.26. The Labute approximate surface area is 435 Å². The van der Waals surface area contributed by atoms with Crippen molar-refractivity contribution >= 4 is 75.3 Å². The summed E-state index contributed by atoms with van der Waals surface area (Å²) >= 11 is 1.81. The minimum atomic E-state index is 0.577. The van der Waals surface area contributed by atoms with Crippen LogP contribution in [0.5, 0.6) is 0 Å². The second-order valence-corrected chi connectivity index (χ2v) is 20.1. The Bertz CT molecular complexity index is 4500. The van der Waals surface area contributed by atoms with E-state index in [2.05, 4.69) is 247 Å². The van der Waals surface area contributed by atoms with E-state index in [-0.39, 0.29) is 0 Å². The molecular weight excluding hydrogens is 933 g/mol. The molecule has 0 spiro atoms. The molecule has 15 rings (SSSR count). The van der Waals surface area contributed by atoms with Crippen LogP contribution in [-0.2, 0) is 0 Å². The van der Waals surface area contributed by atoms with Crippen molar-refractivity contribution in [3.05, 3.63) is 255 Å². The van der Waals surface area contributed by atoms with Gasteiger partial charge < -0.3 is 8.98 Å². The van der Waals surface area contributed by atoms with E-state index in [9.17, 15) is 0 Å². The molecular formula is C69H42N4OS. The van der Waals surface area contributed by atoms with Crippen LogP contribution < -0.4 is 0 Å². The fourth-order valence-corrected chi connectivity index (χ4v) is 12.2. The van der Waals surface area contributed by atoms with E-state index < -0.39 is 0 Å². The summed E-state index contributed by atoms with van der Waals surface area (Å²) in [6.45, 7) is 0. The average Bonchev–Trinajstić information content (AvgIpc) is 4.30. The predicted octanol–water partition coefficient (Wildman–Crippen LogP) is 18.9. The lowest BCUT2D eigenvalue weighted by atomic mass is 9.92. The fraction of sp³-hybridized carbons (Fsp3) is 0. The van der Waals surface area contributed by atoms with E-state index in [1.54, 1.807) is 0 Å². The standard InChI is InChI=1S/C69H42N4OS/c1-5-17-43(18-6-1)45-29-33-49(34-30-45)67-70-68(50-35-31-46(32-36-50)44-19-7-2-8-20-44)72-69(71-67)51-41-56(47-21-9-3-10-22-47)64(57(42-51)48-23-11-4-12-24-48)73-58-27-15-13-25-54(58)62-59(73)39-37-52-53-38-40-61-63(66(53)74-65(52)62)55-26-14-16-28-60(55)75-61/h1-42H. The Hall–Kier alpha value is -9.75. The van der Waals surface area contributed by atoms with E-state index in [0.29, 0.717) is 17.5 Å². The maximum atomic E-state index is 7.23. The fourth-order valence-electron chi connectivity index (χ4n) is 11.1. The summed E-state index contributed by atoms with van der Waals surface area (Å²) in [5.41, 5.74) is 16.4. The quantitative estimate of drug-likeness (QED) is 0.152. The summed E-state index contributed by atoms with van der Waals surface area (Å²) < 4.78 is 12.2. The summed E-state index contributed by atoms with van der Waals surface area (Å²) in [6, 6.07) is 90.3. The average molecular weight is 975 g/mol. The monoisotopic (exact) mass is 974 g/mol. The largest absolute Gasteiger partial charge is 0.455 e. The minimum absolute atomic E-state index is 0.577. The molecule has 0 aliphatic heterocycles. The molecule has 0 saturated heterocycles. The number of fused-ring (bicyclic) bond motifs is 11. The van der Waals surface area contributed by atoms with Crippen LogP contribution in [0.15, 0.2) is 259 Å². The number of benzene rings is 11. The molecule has 0 bridgehead atoms. The number of furan rings is 1. The minimum Gasteiger partial charge on any atom is -0.455 e. The van der Waals surface area contributed by atoms with Crippen LogP contribution in [0.1, 0.15) is 0 Å². The first-order chi connectivity index (χ1) is 37.2. The second kappa shape index (κ2) is 17.5. The topological polar surface area (TPSA) is 56.7 Å². The Kier molecular flexibility index (Phi) is 10.00. The van der Waals surface area contributed by atoms with E-state index in [0.717, 1.165) is 111 Å². The third-order valence-electron chi connectivity index (χ3n) is 14.7. The highest BCUT2D eigenvalue weighted by Gasteiger charge is 2.26. The smallest absolute Gasteiger partial charge is 0.164 e. The van der Waals surface area contributed by atoms with Crippen molar-refractivity contribution in [2.75, 3.05) is 0 Å². The number of hydrogen-bond donors (Lipinski definition) is 0. The molecule has 4 aromatic heterocycles. The molecule has 6 heteroatoms. The van der Waals surface area contributed by atoms with E-state index >= 15 is 0 Å². The van der Waals surface area contributed by atoms with Crippen molar-refractivity contribution in [3.8, 4) is 84.4 Å². The van der Waals surface area contributed by atoms with Crippen LogP contribution in [0.2, 0.25) is 0 Å². The van der Waals surface area contributed by atoms with Crippen LogP contribution in [-0.4, -0.2) is 19.5 Å². The van der Waals surface area contributed by atoms with Crippen molar-refractivity contribution in [3.63, 3.8) is 0 Å². The summed E-state index contributed by atoms with van der Waals surface area (Å²) in [4.78, 5) is 16.0. The molecule has 0 saturated carbocycles. The van der Waals surface area contributed by atoms with Crippen LogP contribution in [0.4, 0.5) is 0 Å². The third-order valence-corrected chi connectivity index (χ3v) is 15.8. The van der Waals surface area contributed by atoms with E-state index in [1.165, 1.54) is 20.2 Å². The lowest BCUT2D eigenvalue weighted by Crippen LogP contribution is -2.04. The Morgan fingerprint density at radius 2 is 0.720 bits per heavy atom. The summed E-state index contributed by atoms with van der Waals surface area (Å²) in [5, 5.41) is 6.82. The van der Waals surface area contributed by atoms with E-state index in [4.69, 9.17) is 19.4 Å². The molecule has 0 fully saturated rings. The van der Waals surface area contributed by atoms with Gasteiger partial charge in [0.15, 0.2) is 17.5 Å². The summed E-state index contributed by atoms with van der Waals surface area (Å²) in [7, 11) is 0. The van der Waals surface area contributed by atoms with Crippen LogP contribution >= 0.6 is 11.3 Å². The zero-order valence-corrected chi connectivity index (χ0v) is 41.2. The molecule has 0 atom stereocenters. The molecule has 0 N–H and O–H groups in total. The van der Waals surface area contributed by atoms with Crippen LogP contribution in [0, 0.1) is 0 Å². The molecule has 0 aliphatic carbocycles. The number of thiophene rings is 1. The second-order valence-electron chi connectivity index (χ2n) is 19.0. The van der Waals surface area contributed by atoms with Crippen molar-refractivity contribution in [2.24, 2.45) is 0 Å². The zero-order chi connectivity index (χ0) is 49.4. The molecule has 15 aromatic rings. The van der Waals surface area contributed by atoms with Gasteiger partial charge in [-0.05, 0) is 81.9 Å². The first-order valence-electron chi connectivity index (χ1n) is 25.2. The lowest BCUT2D eigenvalue weighted by molar-refractivity contribution is 0.677. The molecule has 0 aliphatic rings. The molecule has 4 heterocycles. The number of aromatic nitrogens is 4. The van der Waals surface area contributed by atoms with Crippen molar-refractivity contribution in [2.45, 2.75) is 0 Å². The van der Waals surface area contributed by atoms with Gasteiger partial charge in [0, 0.05) is 64.1 Å². The number of para-hydroxylation sites is 1. The molecule has 350 valence electrons. The number of hydrogen-bond acceptors (Lipinski definition) is 5. The zero-order valence-electron chi connectivity index (χ0n) is 40.4. The van der Waals surface area contributed by atoms with Gasteiger partial charge in [-0.1, -0.05) is 206 Å². The predicted molar refractivity (Wildman–Crippen MR) is 312 cm³/mol. The number of nitrogens with zero attached hydrogens (tertiary/aromatic N) is 4. The molecule has 0 amide bonds.